The van der Waals surface area contributed by atoms with Gasteiger partial charge in [0.2, 0.25) is 21.7 Å². The second kappa shape index (κ2) is 17.2. The molecule has 0 unspecified atom stereocenters. The summed E-state index contributed by atoms with van der Waals surface area (Å²) in [4.78, 5) is 74.1. The van der Waals surface area contributed by atoms with Gasteiger partial charge in [-0.1, -0.05) is 37.3 Å². The summed E-state index contributed by atoms with van der Waals surface area (Å²) in [5, 5.41) is 21.9. The molecule has 0 spiro atoms. The number of hydrogen-bond acceptors (Lipinski definition) is 12. The van der Waals surface area contributed by atoms with Crippen molar-refractivity contribution in [2.24, 2.45) is 16.6 Å². The summed E-state index contributed by atoms with van der Waals surface area (Å²) in [5.74, 6) is -3.09. The summed E-state index contributed by atoms with van der Waals surface area (Å²) in [6.07, 6.45) is 6.56. The Labute approximate surface area is 330 Å². The van der Waals surface area contributed by atoms with E-state index >= 15 is 0 Å². The van der Waals surface area contributed by atoms with E-state index in [1.807, 2.05) is 0 Å². The third-order valence-electron chi connectivity index (χ3n) is 11.2. The van der Waals surface area contributed by atoms with E-state index in [1.54, 1.807) is 25.6 Å². The lowest BCUT2D eigenvalue weighted by Crippen LogP contribution is -2.63. The van der Waals surface area contributed by atoms with Crippen LogP contribution in [-0.2, 0) is 39.5 Å². The van der Waals surface area contributed by atoms with Gasteiger partial charge in [-0.25, -0.2) is 18.1 Å². The maximum atomic E-state index is 14.8. The fourth-order valence-corrected chi connectivity index (χ4v) is 10.6. The number of primary amides is 1. The number of nitrogens with zero attached hydrogens (tertiary/aromatic N) is 6. The molecule has 1 saturated carbocycles. The summed E-state index contributed by atoms with van der Waals surface area (Å²) in [6, 6.07) is 3.58. The number of rotatable bonds is 12. The molecule has 6 rings (SSSR count). The van der Waals surface area contributed by atoms with E-state index in [4.69, 9.17) is 10.5 Å². The minimum absolute atomic E-state index is 0.0121. The molecule has 1 aromatic carbocycles. The van der Waals surface area contributed by atoms with Gasteiger partial charge in [0.15, 0.2) is 0 Å². The zero-order valence-electron chi connectivity index (χ0n) is 31.7. The number of carbonyl (C=O) groups excluding carboxylic acids is 5. The summed E-state index contributed by atoms with van der Waals surface area (Å²) >= 11 is 1.58. The van der Waals surface area contributed by atoms with Crippen LogP contribution in [0.3, 0.4) is 0 Å². The van der Waals surface area contributed by atoms with Crippen LogP contribution < -0.4 is 11.1 Å². The minimum atomic E-state index is -3.81. The van der Waals surface area contributed by atoms with Crippen molar-refractivity contribution in [1.29, 1.82) is 0 Å². The van der Waals surface area contributed by atoms with E-state index in [0.29, 0.717) is 17.2 Å². The first kappa shape index (κ1) is 41.6. The molecule has 3 saturated heterocycles. The number of aliphatic imine (C=N–C) groups is 1. The van der Waals surface area contributed by atoms with Crippen molar-refractivity contribution in [2.45, 2.75) is 99.8 Å². The number of sulfonamides is 1. The molecule has 2 atom stereocenters. The molecule has 1 aliphatic carbocycles. The van der Waals surface area contributed by atoms with Crippen LogP contribution in [0.4, 0.5) is 0 Å². The predicted octanol–water partition coefficient (Wildman–Crippen LogP) is 1.36. The number of likely N-dealkylation sites (tertiary alicyclic amines) is 1. The van der Waals surface area contributed by atoms with Crippen LogP contribution in [0.15, 0.2) is 40.4 Å². The Kier molecular flexibility index (Phi) is 12.8. The van der Waals surface area contributed by atoms with Gasteiger partial charge in [-0.15, -0.1) is 5.10 Å². The number of nitrogens with one attached hydrogen (secondary N) is 1. The van der Waals surface area contributed by atoms with E-state index in [1.165, 1.54) is 44.3 Å². The van der Waals surface area contributed by atoms with Gasteiger partial charge in [-0.05, 0) is 74.8 Å². The van der Waals surface area contributed by atoms with Crippen molar-refractivity contribution in [2.75, 3.05) is 44.4 Å². The number of Topliss-reactive ketones (excluding diaryl/α,β-unsaturated/α-hetero) is 1. The van der Waals surface area contributed by atoms with Crippen molar-refractivity contribution in [1.82, 2.24) is 29.5 Å². The van der Waals surface area contributed by atoms with E-state index in [2.05, 4.69) is 20.6 Å². The fourth-order valence-electron chi connectivity index (χ4n) is 8.00. The monoisotopic (exact) mass is 814 g/mol. The molecule has 2 aromatic rings. The van der Waals surface area contributed by atoms with Gasteiger partial charge in [0, 0.05) is 31.6 Å². The van der Waals surface area contributed by atoms with Gasteiger partial charge in [-0.3, -0.25) is 24.0 Å². The van der Waals surface area contributed by atoms with Crippen molar-refractivity contribution in [3.8, 4) is 0 Å². The number of aromatic nitrogens is 3. The molecule has 4 heterocycles. The van der Waals surface area contributed by atoms with Gasteiger partial charge >= 0.3 is 0 Å². The summed E-state index contributed by atoms with van der Waals surface area (Å²) in [7, 11) is -3.81. The Morgan fingerprint density at radius 3 is 2.34 bits per heavy atom. The lowest BCUT2D eigenvalue weighted by Gasteiger charge is -2.37. The van der Waals surface area contributed by atoms with Crippen molar-refractivity contribution < 1.29 is 42.2 Å². The van der Waals surface area contributed by atoms with Gasteiger partial charge in [0.25, 0.3) is 17.7 Å². The highest BCUT2D eigenvalue weighted by molar-refractivity contribution is 7.99. The number of nitrogens with two attached hydrogens (primary N) is 1. The molecular weight excluding hydrogens is 765 g/mol. The van der Waals surface area contributed by atoms with Crippen LogP contribution >= 0.6 is 11.8 Å². The van der Waals surface area contributed by atoms with Gasteiger partial charge < -0.3 is 25.8 Å². The zero-order chi connectivity index (χ0) is 40.3. The number of benzene rings is 1. The minimum Gasteiger partial charge on any atom is -0.384 e. The molecule has 4 aliphatic rings. The van der Waals surface area contributed by atoms with Crippen molar-refractivity contribution in [3.63, 3.8) is 0 Å². The average molecular weight is 815 g/mol. The summed E-state index contributed by atoms with van der Waals surface area (Å²) in [5.41, 5.74) is 2.92. The summed E-state index contributed by atoms with van der Waals surface area (Å²) in [6.45, 7) is 4.07. The van der Waals surface area contributed by atoms with Gasteiger partial charge in [-0.2, -0.15) is 16.1 Å². The second-order valence-electron chi connectivity index (χ2n) is 15.5. The largest absolute Gasteiger partial charge is 0.384 e. The topological polar surface area (TPSA) is 237 Å². The normalized spacial score (nSPS) is 22.8. The second-order valence-corrected chi connectivity index (χ2v) is 18.6. The number of morpholine rings is 1. The van der Waals surface area contributed by atoms with Crippen LogP contribution in [0.5, 0.6) is 0 Å². The predicted molar refractivity (Wildman–Crippen MR) is 205 cm³/mol. The van der Waals surface area contributed by atoms with Crippen LogP contribution in [0, 0.1) is 5.92 Å². The molecule has 0 radical (unpaired) electrons. The molecule has 17 nitrogen and oxygen atoms in total. The number of amides is 4. The molecule has 19 heteroatoms. The van der Waals surface area contributed by atoms with E-state index in [-0.39, 0.29) is 80.6 Å². The number of carbonyl (C=O) groups is 5. The third-order valence-corrected chi connectivity index (χ3v) is 14.1. The Morgan fingerprint density at radius 1 is 1.05 bits per heavy atom. The van der Waals surface area contributed by atoms with Gasteiger partial charge in [0.05, 0.1) is 36.0 Å². The Bertz CT molecular complexity index is 1940. The molecular formula is C37H50N8O9S2. The van der Waals surface area contributed by atoms with Crippen LogP contribution in [0.25, 0.3) is 0 Å². The van der Waals surface area contributed by atoms with E-state index in [0.717, 1.165) is 32.1 Å². The van der Waals surface area contributed by atoms with Crippen molar-refractivity contribution in [3.05, 3.63) is 41.7 Å². The highest BCUT2D eigenvalue weighted by atomic mass is 32.2. The maximum Gasteiger partial charge on any atom is 0.287 e. The first-order valence-electron chi connectivity index (χ1n) is 19.1. The van der Waals surface area contributed by atoms with Crippen LogP contribution in [-0.4, -0.2) is 129 Å². The Hall–Kier alpha value is -4.04. The fraction of sp³-hybridized carbons (Fsp3) is 0.622. The molecule has 56 heavy (non-hydrogen) atoms. The first-order chi connectivity index (χ1) is 26.6. The maximum absolute atomic E-state index is 14.8. The Balaban J connectivity index is 1.33. The molecule has 1 aromatic heterocycles. The number of ether oxygens (including phenoxy) is 1. The molecule has 304 valence electrons. The number of ketones is 1. The number of hydrogen-bond donors (Lipinski definition) is 3. The number of thioether (sulfide) groups is 1. The van der Waals surface area contributed by atoms with E-state index < -0.39 is 62.7 Å². The lowest BCUT2D eigenvalue weighted by molar-refractivity contribution is -0.143. The quantitative estimate of drug-likeness (QED) is 0.204. The van der Waals surface area contributed by atoms with Crippen LogP contribution in [0.1, 0.15) is 93.7 Å². The molecule has 4 amide bonds. The highest BCUT2D eigenvalue weighted by Crippen LogP contribution is 2.35. The SMILES string of the molecule is CC(C)(O)c1cnnn1[C@H]1C[C@@H](C(=O)NC2(C(=O)C(N)=O)CCSCC2)N(C(=O)C(CC2CCCCC2)=NC(=O)c2ccc(S(=O)(=O)N3CCOCC3)cc2)C1. The lowest BCUT2D eigenvalue weighted by atomic mass is 9.85. The zero-order valence-corrected chi connectivity index (χ0v) is 33.4. The molecule has 4 N–H and O–H groups in total. The average Bonchev–Trinajstić information content (AvgIpc) is 3.87. The van der Waals surface area contributed by atoms with E-state index in [9.17, 15) is 37.5 Å². The van der Waals surface area contributed by atoms with Gasteiger partial charge in [0.1, 0.15) is 22.9 Å². The third kappa shape index (κ3) is 9.06. The molecule has 0 bridgehead atoms. The highest BCUT2D eigenvalue weighted by Gasteiger charge is 2.49. The smallest absolute Gasteiger partial charge is 0.287 e. The summed E-state index contributed by atoms with van der Waals surface area (Å²) < 4.78 is 34.5. The van der Waals surface area contributed by atoms with Crippen molar-refractivity contribution >= 4 is 56.9 Å². The molecule has 4 fully saturated rings. The standard InChI is InChI=1S/C37H50N8O9S2/c1-36(2,51)30-22-39-42-45(30)26-21-29(34(49)41-37(31(46)32(38)47)12-18-55-19-13-37)44(23-26)35(50)28(20-24-6-4-3-5-7-24)40-33(48)25-8-10-27(11-9-25)56(52,53)43-14-16-54-17-15-43/h8-11,22,24,26,29,51H,3-7,12-21,23H2,1-2H3,(H2,38,47)(H,41,49)/t26-,29-/m0/s1. The number of aliphatic hydroxyl groups is 1. The molecule has 3 aliphatic heterocycles. The first-order valence-corrected chi connectivity index (χ1v) is 21.7. The Morgan fingerprint density at radius 2 is 1.71 bits per heavy atom. The van der Waals surface area contributed by atoms with Crippen LogP contribution in [0.2, 0.25) is 0 Å².